The smallest absolute Gasteiger partial charge is 0.329 e. The van der Waals surface area contributed by atoms with Crippen molar-refractivity contribution < 1.29 is 19.6 Å². The molecule has 0 aliphatic rings. The molecule has 9 heteroatoms. The zero-order valence-corrected chi connectivity index (χ0v) is 11.6. The van der Waals surface area contributed by atoms with Crippen molar-refractivity contribution in [2.45, 2.75) is 6.92 Å². The first-order valence-electron chi connectivity index (χ1n) is 5.26. The fourth-order valence-corrected chi connectivity index (χ4v) is 1.72. The number of ether oxygens (including phenoxy) is 1. The summed E-state index contributed by atoms with van der Waals surface area (Å²) in [5.41, 5.74) is 0.397. The number of carboxylic acid groups (broad SMARTS) is 1. The number of pyridine rings is 1. The summed E-state index contributed by atoms with van der Waals surface area (Å²) >= 11 is 3.23. The van der Waals surface area contributed by atoms with Gasteiger partial charge in [-0.3, -0.25) is 10.1 Å². The Bertz CT molecular complexity index is 494. The number of nitro groups is 1. The van der Waals surface area contributed by atoms with Crippen molar-refractivity contribution in [1.82, 2.24) is 4.98 Å². The summed E-state index contributed by atoms with van der Waals surface area (Å²) in [5.74, 6) is -0.590. The number of anilines is 1. The van der Waals surface area contributed by atoms with E-state index in [0.717, 1.165) is 0 Å². The van der Waals surface area contributed by atoms with E-state index < -0.39 is 10.9 Å². The molecule has 2 N–H and O–H groups in total. The zero-order chi connectivity index (χ0) is 14.4. The van der Waals surface area contributed by atoms with Crippen LogP contribution in [-0.4, -0.2) is 40.7 Å². The molecule has 0 aliphatic heterocycles. The van der Waals surface area contributed by atoms with Crippen LogP contribution in [0.4, 0.5) is 11.5 Å². The molecule has 1 rings (SSSR count). The first-order valence-corrected chi connectivity index (χ1v) is 6.05. The van der Waals surface area contributed by atoms with Gasteiger partial charge in [0.05, 0.1) is 16.0 Å². The third-order valence-corrected chi connectivity index (χ3v) is 3.17. The molecule has 0 fully saturated rings. The Morgan fingerprint density at radius 2 is 2.37 bits per heavy atom. The first-order chi connectivity index (χ1) is 8.93. The van der Waals surface area contributed by atoms with Gasteiger partial charge in [0.1, 0.15) is 18.6 Å². The number of carboxylic acids is 1. The Balaban J connectivity index is 2.58. The standard InChI is InChI=1S/C10H12BrN3O5/c1-6-7(14(17)18)4-13-10(9(6)11)12-2-3-19-5-8(15)16/h4H,2-3,5H2,1H3,(H,12,13)(H,15,16). The number of hydrogen-bond acceptors (Lipinski definition) is 6. The van der Waals surface area contributed by atoms with Crippen LogP contribution in [0.25, 0.3) is 0 Å². The molecule has 104 valence electrons. The summed E-state index contributed by atoms with van der Waals surface area (Å²) in [6.07, 6.45) is 1.17. The van der Waals surface area contributed by atoms with Crippen molar-refractivity contribution >= 4 is 33.4 Å². The summed E-state index contributed by atoms with van der Waals surface area (Å²) in [5, 5.41) is 22.0. The highest BCUT2D eigenvalue weighted by Crippen LogP contribution is 2.30. The van der Waals surface area contributed by atoms with Gasteiger partial charge in [0, 0.05) is 12.1 Å². The van der Waals surface area contributed by atoms with Crippen molar-refractivity contribution in [3.05, 3.63) is 26.3 Å². The fraction of sp³-hybridized carbons (Fsp3) is 0.400. The molecule has 1 aromatic rings. The number of halogens is 1. The molecule has 0 spiro atoms. The summed E-state index contributed by atoms with van der Waals surface area (Å²) in [4.78, 5) is 24.3. The SMILES string of the molecule is Cc1c([N+](=O)[O-])cnc(NCCOCC(=O)O)c1Br. The highest BCUT2D eigenvalue weighted by atomic mass is 79.9. The Hall–Kier alpha value is -1.74. The van der Waals surface area contributed by atoms with Crippen LogP contribution in [0.2, 0.25) is 0 Å². The third kappa shape index (κ3) is 4.45. The van der Waals surface area contributed by atoms with Gasteiger partial charge in [-0.2, -0.15) is 0 Å². The second-order valence-electron chi connectivity index (χ2n) is 3.56. The normalized spacial score (nSPS) is 10.2. The lowest BCUT2D eigenvalue weighted by Gasteiger charge is -2.09. The largest absolute Gasteiger partial charge is 0.480 e. The minimum Gasteiger partial charge on any atom is -0.480 e. The molecule has 0 bridgehead atoms. The zero-order valence-electron chi connectivity index (χ0n) is 10.1. The van der Waals surface area contributed by atoms with Crippen LogP contribution in [0.1, 0.15) is 5.56 Å². The number of nitrogens with one attached hydrogen (secondary N) is 1. The van der Waals surface area contributed by atoms with E-state index in [1.165, 1.54) is 6.20 Å². The van der Waals surface area contributed by atoms with Crippen molar-refractivity contribution in [2.75, 3.05) is 25.1 Å². The highest BCUT2D eigenvalue weighted by molar-refractivity contribution is 9.10. The van der Waals surface area contributed by atoms with Crippen LogP contribution in [-0.2, 0) is 9.53 Å². The Labute approximate surface area is 117 Å². The van der Waals surface area contributed by atoms with Crippen LogP contribution >= 0.6 is 15.9 Å². The Kier molecular flexibility index (Phi) is 5.64. The quantitative estimate of drug-likeness (QED) is 0.442. The lowest BCUT2D eigenvalue weighted by atomic mass is 10.2. The molecular formula is C10H12BrN3O5. The Morgan fingerprint density at radius 3 is 2.95 bits per heavy atom. The van der Waals surface area contributed by atoms with Gasteiger partial charge < -0.3 is 15.2 Å². The minimum atomic E-state index is -1.04. The van der Waals surface area contributed by atoms with E-state index in [9.17, 15) is 14.9 Å². The van der Waals surface area contributed by atoms with Crippen LogP contribution in [0, 0.1) is 17.0 Å². The number of carbonyl (C=O) groups is 1. The fourth-order valence-electron chi connectivity index (χ4n) is 1.28. The number of aliphatic carboxylic acids is 1. The number of rotatable bonds is 7. The molecule has 0 unspecified atom stereocenters. The van der Waals surface area contributed by atoms with E-state index in [4.69, 9.17) is 9.84 Å². The summed E-state index contributed by atoms with van der Waals surface area (Å²) < 4.78 is 5.34. The molecule has 1 heterocycles. The predicted octanol–water partition coefficient (Wildman–Crippen LogP) is 1.57. The second-order valence-corrected chi connectivity index (χ2v) is 4.35. The summed E-state index contributed by atoms with van der Waals surface area (Å²) in [7, 11) is 0. The van der Waals surface area contributed by atoms with Gasteiger partial charge >= 0.3 is 5.97 Å². The van der Waals surface area contributed by atoms with Gasteiger partial charge in [-0.05, 0) is 22.9 Å². The number of hydrogen-bond donors (Lipinski definition) is 2. The molecule has 0 atom stereocenters. The molecule has 0 aliphatic carbocycles. The van der Waals surface area contributed by atoms with Gasteiger partial charge in [0.25, 0.3) is 5.69 Å². The van der Waals surface area contributed by atoms with E-state index in [1.807, 2.05) is 0 Å². The molecule has 8 nitrogen and oxygen atoms in total. The van der Waals surface area contributed by atoms with Crippen molar-refractivity contribution in [3.8, 4) is 0 Å². The monoisotopic (exact) mass is 333 g/mol. The Morgan fingerprint density at radius 1 is 1.68 bits per heavy atom. The average Bonchev–Trinajstić information content (AvgIpc) is 2.33. The van der Waals surface area contributed by atoms with Crippen molar-refractivity contribution in [2.24, 2.45) is 0 Å². The maximum absolute atomic E-state index is 10.7. The van der Waals surface area contributed by atoms with Gasteiger partial charge in [-0.1, -0.05) is 0 Å². The number of aromatic nitrogens is 1. The van der Waals surface area contributed by atoms with E-state index in [2.05, 4.69) is 26.2 Å². The van der Waals surface area contributed by atoms with Crippen LogP contribution < -0.4 is 5.32 Å². The summed E-state index contributed by atoms with van der Waals surface area (Å²) in [6, 6.07) is 0. The molecule has 1 aromatic heterocycles. The molecule has 0 amide bonds. The highest BCUT2D eigenvalue weighted by Gasteiger charge is 2.16. The van der Waals surface area contributed by atoms with Gasteiger partial charge in [-0.15, -0.1) is 0 Å². The van der Waals surface area contributed by atoms with Crippen LogP contribution in [0.15, 0.2) is 10.7 Å². The third-order valence-electron chi connectivity index (χ3n) is 2.20. The molecule has 0 aromatic carbocycles. The molecule has 19 heavy (non-hydrogen) atoms. The lowest BCUT2D eigenvalue weighted by molar-refractivity contribution is -0.385. The van der Waals surface area contributed by atoms with E-state index >= 15 is 0 Å². The molecular weight excluding hydrogens is 322 g/mol. The van der Waals surface area contributed by atoms with Gasteiger partial charge in [0.2, 0.25) is 0 Å². The number of nitrogens with zero attached hydrogens (tertiary/aromatic N) is 2. The second kappa shape index (κ2) is 7.00. The van der Waals surface area contributed by atoms with Crippen molar-refractivity contribution in [3.63, 3.8) is 0 Å². The topological polar surface area (TPSA) is 115 Å². The van der Waals surface area contributed by atoms with Gasteiger partial charge in [0.15, 0.2) is 0 Å². The van der Waals surface area contributed by atoms with Crippen LogP contribution in [0.5, 0.6) is 0 Å². The maximum Gasteiger partial charge on any atom is 0.329 e. The minimum absolute atomic E-state index is 0.0699. The van der Waals surface area contributed by atoms with Gasteiger partial charge in [-0.25, -0.2) is 9.78 Å². The van der Waals surface area contributed by atoms with E-state index in [1.54, 1.807) is 6.92 Å². The van der Waals surface area contributed by atoms with E-state index in [0.29, 0.717) is 22.4 Å². The van der Waals surface area contributed by atoms with Crippen LogP contribution in [0.3, 0.4) is 0 Å². The summed E-state index contributed by atoms with van der Waals surface area (Å²) in [6.45, 7) is 1.78. The molecule has 0 radical (unpaired) electrons. The first kappa shape index (κ1) is 15.3. The predicted molar refractivity (Wildman–Crippen MR) is 70.3 cm³/mol. The average molecular weight is 334 g/mol. The molecule has 0 saturated heterocycles. The maximum atomic E-state index is 10.7. The van der Waals surface area contributed by atoms with Crippen molar-refractivity contribution in [1.29, 1.82) is 0 Å². The molecule has 0 saturated carbocycles. The lowest BCUT2D eigenvalue weighted by Crippen LogP contribution is -2.15. The van der Waals surface area contributed by atoms with E-state index in [-0.39, 0.29) is 18.9 Å².